The molecule has 0 fully saturated rings. The number of carboxylic acid groups (broad SMARTS) is 1. The summed E-state index contributed by atoms with van der Waals surface area (Å²) in [6, 6.07) is 5.83. The van der Waals surface area contributed by atoms with Crippen molar-refractivity contribution < 1.29 is 14.6 Å². The lowest BCUT2D eigenvalue weighted by molar-refractivity contribution is -0.136. The van der Waals surface area contributed by atoms with E-state index in [9.17, 15) is 4.79 Å². The zero-order chi connectivity index (χ0) is 9.97. The molecule has 0 saturated heterocycles. The molecule has 74 valence electrons. The Kier molecular flexibility index (Phi) is 2.50. The Hall–Kier alpha value is -1.35. The van der Waals surface area contributed by atoms with Crippen LogP contribution < -0.4 is 0 Å². The summed E-state index contributed by atoms with van der Waals surface area (Å²) in [6.45, 7) is 1.29. The third-order valence-corrected chi connectivity index (χ3v) is 2.47. The molecule has 3 heteroatoms. The van der Waals surface area contributed by atoms with Gasteiger partial charge in [0, 0.05) is 0 Å². The average Bonchev–Trinajstić information content (AvgIpc) is 2.18. The molecule has 1 aliphatic heterocycles. The van der Waals surface area contributed by atoms with E-state index in [0.717, 1.165) is 24.2 Å². The first-order chi connectivity index (χ1) is 6.77. The number of carbonyl (C=O) groups is 1. The molecule has 0 bridgehead atoms. The molecule has 0 amide bonds. The highest BCUT2D eigenvalue weighted by Gasteiger charge is 2.14. The van der Waals surface area contributed by atoms with E-state index in [1.807, 2.05) is 18.2 Å². The second-order valence-electron chi connectivity index (χ2n) is 3.43. The summed E-state index contributed by atoms with van der Waals surface area (Å²) in [7, 11) is 0. The lowest BCUT2D eigenvalue weighted by Gasteiger charge is -2.18. The first-order valence-electron chi connectivity index (χ1n) is 4.66. The first kappa shape index (κ1) is 9.21. The van der Waals surface area contributed by atoms with Gasteiger partial charge in [0.15, 0.2) is 0 Å². The Balaban J connectivity index is 2.35. The molecule has 0 saturated carbocycles. The SMILES string of the molecule is O=C(O)Cc1cccc2c1COCC2. The molecular weight excluding hydrogens is 180 g/mol. The molecule has 1 aromatic rings. The Labute approximate surface area is 82.3 Å². The van der Waals surface area contributed by atoms with Gasteiger partial charge < -0.3 is 9.84 Å². The van der Waals surface area contributed by atoms with Gasteiger partial charge in [0.25, 0.3) is 0 Å². The van der Waals surface area contributed by atoms with Crippen LogP contribution in [0.3, 0.4) is 0 Å². The third-order valence-electron chi connectivity index (χ3n) is 2.47. The summed E-state index contributed by atoms with van der Waals surface area (Å²) in [5, 5.41) is 8.73. The fourth-order valence-electron chi connectivity index (χ4n) is 1.79. The summed E-state index contributed by atoms with van der Waals surface area (Å²) in [4.78, 5) is 10.6. The highest BCUT2D eigenvalue weighted by molar-refractivity contribution is 5.71. The van der Waals surface area contributed by atoms with E-state index in [1.54, 1.807) is 0 Å². The van der Waals surface area contributed by atoms with E-state index < -0.39 is 5.97 Å². The van der Waals surface area contributed by atoms with Crippen molar-refractivity contribution in [2.45, 2.75) is 19.4 Å². The third kappa shape index (κ3) is 1.77. The van der Waals surface area contributed by atoms with Crippen molar-refractivity contribution in [3.8, 4) is 0 Å². The van der Waals surface area contributed by atoms with Crippen molar-refractivity contribution >= 4 is 5.97 Å². The van der Waals surface area contributed by atoms with Gasteiger partial charge in [-0.25, -0.2) is 0 Å². The van der Waals surface area contributed by atoms with Crippen molar-refractivity contribution in [2.75, 3.05) is 6.61 Å². The Morgan fingerprint density at radius 2 is 2.36 bits per heavy atom. The molecule has 0 aliphatic carbocycles. The fraction of sp³-hybridized carbons (Fsp3) is 0.364. The Morgan fingerprint density at radius 1 is 1.50 bits per heavy atom. The van der Waals surface area contributed by atoms with Crippen LogP contribution in [0.4, 0.5) is 0 Å². The van der Waals surface area contributed by atoms with Crippen LogP contribution in [-0.2, 0) is 29.0 Å². The first-order valence-corrected chi connectivity index (χ1v) is 4.66. The van der Waals surface area contributed by atoms with E-state index >= 15 is 0 Å². The Morgan fingerprint density at radius 3 is 3.14 bits per heavy atom. The van der Waals surface area contributed by atoms with Crippen LogP contribution in [0.1, 0.15) is 16.7 Å². The fourth-order valence-corrected chi connectivity index (χ4v) is 1.79. The molecule has 1 N–H and O–H groups in total. The van der Waals surface area contributed by atoms with Gasteiger partial charge in [-0.3, -0.25) is 4.79 Å². The minimum atomic E-state index is -0.788. The second kappa shape index (κ2) is 3.80. The van der Waals surface area contributed by atoms with Crippen molar-refractivity contribution in [3.63, 3.8) is 0 Å². The molecule has 14 heavy (non-hydrogen) atoms. The standard InChI is InChI=1S/C11H12O3/c12-11(13)6-9-3-1-2-8-4-5-14-7-10(8)9/h1-3H,4-7H2,(H,12,13). The van der Waals surface area contributed by atoms with Crippen molar-refractivity contribution in [3.05, 3.63) is 34.9 Å². The van der Waals surface area contributed by atoms with E-state index in [4.69, 9.17) is 9.84 Å². The van der Waals surface area contributed by atoms with Gasteiger partial charge in [0.1, 0.15) is 0 Å². The van der Waals surface area contributed by atoms with Gasteiger partial charge in [-0.2, -0.15) is 0 Å². The zero-order valence-corrected chi connectivity index (χ0v) is 7.82. The van der Waals surface area contributed by atoms with Gasteiger partial charge >= 0.3 is 5.97 Å². The minimum Gasteiger partial charge on any atom is -0.481 e. The summed E-state index contributed by atoms with van der Waals surface area (Å²) in [5.74, 6) is -0.788. The largest absolute Gasteiger partial charge is 0.481 e. The topological polar surface area (TPSA) is 46.5 Å². The van der Waals surface area contributed by atoms with Crippen molar-refractivity contribution in [1.82, 2.24) is 0 Å². The van der Waals surface area contributed by atoms with Crippen LogP contribution in [0, 0.1) is 0 Å². The van der Waals surface area contributed by atoms with Gasteiger partial charge in [0.2, 0.25) is 0 Å². The lowest BCUT2D eigenvalue weighted by Crippen LogP contribution is -2.13. The van der Waals surface area contributed by atoms with Gasteiger partial charge in [-0.1, -0.05) is 18.2 Å². The zero-order valence-electron chi connectivity index (χ0n) is 7.82. The maximum absolute atomic E-state index is 10.6. The van der Waals surface area contributed by atoms with Gasteiger partial charge in [0.05, 0.1) is 19.6 Å². The number of benzene rings is 1. The van der Waals surface area contributed by atoms with E-state index in [1.165, 1.54) is 5.56 Å². The number of hydrogen-bond donors (Lipinski definition) is 1. The lowest BCUT2D eigenvalue weighted by atomic mass is 9.96. The van der Waals surface area contributed by atoms with Crippen molar-refractivity contribution in [2.24, 2.45) is 0 Å². The predicted octanol–water partition coefficient (Wildman–Crippen LogP) is 1.39. The molecule has 0 spiro atoms. The maximum atomic E-state index is 10.6. The number of rotatable bonds is 2. The molecule has 1 aliphatic rings. The maximum Gasteiger partial charge on any atom is 0.307 e. The van der Waals surface area contributed by atoms with Crippen LogP contribution in [0.5, 0.6) is 0 Å². The molecular formula is C11H12O3. The summed E-state index contributed by atoms with van der Waals surface area (Å²) < 4.78 is 5.33. The normalized spacial score (nSPS) is 14.9. The van der Waals surface area contributed by atoms with Gasteiger partial charge in [-0.15, -0.1) is 0 Å². The quantitative estimate of drug-likeness (QED) is 0.770. The number of hydrogen-bond acceptors (Lipinski definition) is 2. The Bertz CT molecular complexity index is 358. The van der Waals surface area contributed by atoms with E-state index in [-0.39, 0.29) is 6.42 Å². The molecule has 1 aromatic carbocycles. The number of aliphatic carboxylic acids is 1. The predicted molar refractivity (Wildman–Crippen MR) is 51.1 cm³/mol. The van der Waals surface area contributed by atoms with E-state index in [2.05, 4.69) is 0 Å². The van der Waals surface area contributed by atoms with Crippen LogP contribution in [0.15, 0.2) is 18.2 Å². The smallest absolute Gasteiger partial charge is 0.307 e. The molecule has 1 heterocycles. The molecule has 2 rings (SSSR count). The second-order valence-corrected chi connectivity index (χ2v) is 3.43. The highest BCUT2D eigenvalue weighted by Crippen LogP contribution is 2.21. The molecule has 3 nitrogen and oxygen atoms in total. The minimum absolute atomic E-state index is 0.0898. The molecule has 0 atom stereocenters. The van der Waals surface area contributed by atoms with Crippen molar-refractivity contribution in [1.29, 1.82) is 0 Å². The van der Waals surface area contributed by atoms with Crippen LogP contribution in [0.2, 0.25) is 0 Å². The summed E-state index contributed by atoms with van der Waals surface area (Å²) in [5.41, 5.74) is 3.19. The number of carboxylic acids is 1. The van der Waals surface area contributed by atoms with Crippen LogP contribution in [0.25, 0.3) is 0 Å². The average molecular weight is 192 g/mol. The summed E-state index contributed by atoms with van der Waals surface area (Å²) >= 11 is 0. The monoisotopic (exact) mass is 192 g/mol. The number of ether oxygens (including phenoxy) is 1. The molecule has 0 radical (unpaired) electrons. The van der Waals surface area contributed by atoms with E-state index in [0.29, 0.717) is 6.61 Å². The molecule has 0 aromatic heterocycles. The number of fused-ring (bicyclic) bond motifs is 1. The van der Waals surface area contributed by atoms with Crippen LogP contribution >= 0.6 is 0 Å². The van der Waals surface area contributed by atoms with Gasteiger partial charge in [-0.05, 0) is 23.1 Å². The van der Waals surface area contributed by atoms with Crippen LogP contribution in [-0.4, -0.2) is 17.7 Å². The summed E-state index contributed by atoms with van der Waals surface area (Å²) in [6.07, 6.45) is 0.981. The molecule has 0 unspecified atom stereocenters. The highest BCUT2D eigenvalue weighted by atomic mass is 16.5.